The van der Waals surface area contributed by atoms with Crippen LogP contribution in [-0.2, 0) is 0 Å². The largest absolute Gasteiger partial charge is 0.505 e. The summed E-state index contributed by atoms with van der Waals surface area (Å²) in [5.74, 6) is 0.275. The van der Waals surface area contributed by atoms with Crippen LogP contribution in [0.15, 0.2) is 88.7 Å². The maximum atomic E-state index is 11.0. The molecule has 126 valence electrons. The third-order valence-electron chi connectivity index (χ3n) is 4.54. The third-order valence-corrected chi connectivity index (χ3v) is 5.73. The van der Waals surface area contributed by atoms with Gasteiger partial charge in [-0.3, -0.25) is 0 Å². The second-order valence-electron chi connectivity index (χ2n) is 6.19. The number of hydrogen-bond acceptors (Lipinski definition) is 4. The van der Waals surface area contributed by atoms with Gasteiger partial charge in [0.05, 0.1) is 22.0 Å². The SMILES string of the molecule is Oc1c(Nc2ccccc2)c2c(c3ccccc13)Nc1ccccc1S2. The molecule has 1 aliphatic heterocycles. The summed E-state index contributed by atoms with van der Waals surface area (Å²) in [6, 6.07) is 26.1. The van der Waals surface area contributed by atoms with Crippen LogP contribution in [0.3, 0.4) is 0 Å². The van der Waals surface area contributed by atoms with Gasteiger partial charge in [0, 0.05) is 21.4 Å². The summed E-state index contributed by atoms with van der Waals surface area (Å²) in [4.78, 5) is 2.15. The molecule has 3 nitrogen and oxygen atoms in total. The van der Waals surface area contributed by atoms with Gasteiger partial charge in [0.25, 0.3) is 0 Å². The van der Waals surface area contributed by atoms with Gasteiger partial charge in [-0.2, -0.15) is 0 Å². The fraction of sp³-hybridized carbons (Fsp3) is 0. The third kappa shape index (κ3) is 2.38. The number of fused-ring (bicyclic) bond motifs is 4. The van der Waals surface area contributed by atoms with E-state index in [1.807, 2.05) is 66.7 Å². The molecule has 0 saturated carbocycles. The Morgan fingerprint density at radius 2 is 1.46 bits per heavy atom. The minimum Gasteiger partial charge on any atom is -0.505 e. The van der Waals surface area contributed by atoms with Gasteiger partial charge in [0.2, 0.25) is 0 Å². The summed E-state index contributed by atoms with van der Waals surface area (Å²) < 4.78 is 0. The maximum Gasteiger partial charge on any atom is 0.148 e. The fourth-order valence-electron chi connectivity index (χ4n) is 3.31. The van der Waals surface area contributed by atoms with Crippen LogP contribution in [0.5, 0.6) is 5.75 Å². The summed E-state index contributed by atoms with van der Waals surface area (Å²) in [6.45, 7) is 0. The summed E-state index contributed by atoms with van der Waals surface area (Å²) in [5.41, 5.74) is 3.80. The molecule has 4 aromatic carbocycles. The van der Waals surface area contributed by atoms with E-state index in [0.717, 1.165) is 43.3 Å². The number of nitrogens with one attached hydrogen (secondary N) is 2. The minimum absolute atomic E-state index is 0.275. The van der Waals surface area contributed by atoms with Crippen LogP contribution in [0.1, 0.15) is 0 Å². The van der Waals surface area contributed by atoms with Crippen LogP contribution < -0.4 is 10.6 Å². The molecular formula is C22H16N2OS. The van der Waals surface area contributed by atoms with Gasteiger partial charge < -0.3 is 15.7 Å². The summed E-state index contributed by atoms with van der Waals surface area (Å²) >= 11 is 1.67. The molecule has 0 aliphatic carbocycles. The Bertz CT molecular complexity index is 1120. The van der Waals surface area contributed by atoms with Crippen LogP contribution >= 0.6 is 11.8 Å². The predicted octanol–water partition coefficient (Wildman–Crippen LogP) is 6.50. The van der Waals surface area contributed by atoms with Crippen molar-refractivity contribution in [2.45, 2.75) is 9.79 Å². The molecule has 0 radical (unpaired) electrons. The summed E-state index contributed by atoms with van der Waals surface area (Å²) in [5, 5.41) is 19.8. The molecule has 0 unspecified atom stereocenters. The molecule has 0 aromatic heterocycles. The second kappa shape index (κ2) is 6.00. The molecule has 1 aliphatic rings. The Kier molecular flexibility index (Phi) is 3.50. The first-order valence-corrected chi connectivity index (χ1v) is 9.26. The molecule has 3 N–H and O–H groups in total. The van der Waals surface area contributed by atoms with Crippen LogP contribution in [0.4, 0.5) is 22.7 Å². The van der Waals surface area contributed by atoms with Gasteiger partial charge in [0.1, 0.15) is 5.75 Å². The van der Waals surface area contributed by atoms with Crippen LogP contribution in [0.25, 0.3) is 10.8 Å². The Morgan fingerprint density at radius 3 is 2.31 bits per heavy atom. The van der Waals surface area contributed by atoms with Crippen molar-refractivity contribution in [3.05, 3.63) is 78.9 Å². The number of benzene rings is 4. The first kappa shape index (κ1) is 15.2. The van der Waals surface area contributed by atoms with Crippen molar-refractivity contribution in [2.24, 2.45) is 0 Å². The number of para-hydroxylation sites is 2. The smallest absolute Gasteiger partial charge is 0.148 e. The zero-order valence-electron chi connectivity index (χ0n) is 13.9. The Labute approximate surface area is 155 Å². The predicted molar refractivity (Wildman–Crippen MR) is 109 cm³/mol. The Balaban J connectivity index is 1.76. The zero-order chi connectivity index (χ0) is 17.5. The van der Waals surface area contributed by atoms with E-state index >= 15 is 0 Å². The molecule has 5 rings (SSSR count). The molecule has 4 heteroatoms. The molecular weight excluding hydrogens is 340 g/mol. The molecule has 0 bridgehead atoms. The van der Waals surface area contributed by atoms with E-state index in [4.69, 9.17) is 0 Å². The van der Waals surface area contributed by atoms with Crippen molar-refractivity contribution in [2.75, 3.05) is 10.6 Å². The van der Waals surface area contributed by atoms with Crippen molar-refractivity contribution >= 4 is 45.3 Å². The van der Waals surface area contributed by atoms with E-state index in [-0.39, 0.29) is 5.75 Å². The monoisotopic (exact) mass is 356 g/mol. The van der Waals surface area contributed by atoms with Gasteiger partial charge in [-0.25, -0.2) is 0 Å². The van der Waals surface area contributed by atoms with Crippen molar-refractivity contribution in [3.8, 4) is 5.75 Å². The van der Waals surface area contributed by atoms with Crippen molar-refractivity contribution < 1.29 is 5.11 Å². The van der Waals surface area contributed by atoms with Crippen LogP contribution in [0, 0.1) is 0 Å². The lowest BCUT2D eigenvalue weighted by Gasteiger charge is -2.26. The first-order valence-electron chi connectivity index (χ1n) is 8.45. The lowest BCUT2D eigenvalue weighted by molar-refractivity contribution is 0.483. The van der Waals surface area contributed by atoms with Gasteiger partial charge in [0.15, 0.2) is 0 Å². The lowest BCUT2D eigenvalue weighted by atomic mass is 10.0. The van der Waals surface area contributed by atoms with E-state index < -0.39 is 0 Å². The Morgan fingerprint density at radius 1 is 0.769 bits per heavy atom. The highest BCUT2D eigenvalue weighted by atomic mass is 32.2. The fourth-order valence-corrected chi connectivity index (χ4v) is 4.42. The van der Waals surface area contributed by atoms with E-state index in [9.17, 15) is 5.11 Å². The Hall–Kier alpha value is -3.11. The maximum absolute atomic E-state index is 11.0. The normalized spacial score (nSPS) is 12.2. The molecule has 0 spiro atoms. The molecule has 26 heavy (non-hydrogen) atoms. The van der Waals surface area contributed by atoms with E-state index in [1.54, 1.807) is 11.8 Å². The van der Waals surface area contributed by atoms with Crippen LogP contribution in [-0.4, -0.2) is 5.11 Å². The van der Waals surface area contributed by atoms with E-state index in [0.29, 0.717) is 0 Å². The number of phenols is 1. The minimum atomic E-state index is 0.275. The molecule has 0 saturated heterocycles. The standard InChI is InChI=1S/C22H16N2OS/c25-21-16-11-5-4-10-15(16)19-22(20(21)23-14-8-2-1-3-9-14)26-18-13-7-6-12-17(18)24-19/h1-13,23-25H. The topological polar surface area (TPSA) is 44.3 Å². The highest BCUT2D eigenvalue weighted by molar-refractivity contribution is 8.00. The highest BCUT2D eigenvalue weighted by Gasteiger charge is 2.24. The first-order chi connectivity index (χ1) is 12.8. The van der Waals surface area contributed by atoms with Gasteiger partial charge in [-0.05, 0) is 24.3 Å². The summed E-state index contributed by atoms with van der Waals surface area (Å²) in [7, 11) is 0. The molecule has 4 aromatic rings. The van der Waals surface area contributed by atoms with Crippen LogP contribution in [0.2, 0.25) is 0 Å². The average Bonchev–Trinajstić information content (AvgIpc) is 2.71. The molecule has 1 heterocycles. The van der Waals surface area contributed by atoms with E-state index in [2.05, 4.69) is 22.8 Å². The number of phenolic OH excluding ortho intramolecular Hbond substituents is 1. The zero-order valence-corrected chi connectivity index (χ0v) is 14.7. The van der Waals surface area contributed by atoms with Gasteiger partial charge in [-0.15, -0.1) is 0 Å². The van der Waals surface area contributed by atoms with Crippen molar-refractivity contribution in [3.63, 3.8) is 0 Å². The van der Waals surface area contributed by atoms with Crippen molar-refractivity contribution in [1.29, 1.82) is 0 Å². The quantitative estimate of drug-likeness (QED) is 0.250. The molecule has 0 atom stereocenters. The second-order valence-corrected chi connectivity index (χ2v) is 7.24. The number of hydrogen-bond donors (Lipinski definition) is 3. The number of anilines is 4. The van der Waals surface area contributed by atoms with Crippen molar-refractivity contribution in [1.82, 2.24) is 0 Å². The summed E-state index contributed by atoms with van der Waals surface area (Å²) in [6.07, 6.45) is 0. The van der Waals surface area contributed by atoms with E-state index in [1.165, 1.54) is 0 Å². The highest BCUT2D eigenvalue weighted by Crippen LogP contribution is 2.54. The number of rotatable bonds is 2. The molecule has 0 fully saturated rings. The van der Waals surface area contributed by atoms with Gasteiger partial charge >= 0.3 is 0 Å². The molecule has 0 amide bonds. The number of aromatic hydroxyl groups is 1. The average molecular weight is 356 g/mol. The lowest BCUT2D eigenvalue weighted by Crippen LogP contribution is -2.04. The van der Waals surface area contributed by atoms with Gasteiger partial charge in [-0.1, -0.05) is 66.4 Å².